The Morgan fingerprint density at radius 3 is 1.95 bits per heavy atom. The molecule has 1 heteroatoms. The fourth-order valence-electron chi connectivity index (χ4n) is 3.06. The van der Waals surface area contributed by atoms with Crippen LogP contribution in [0.5, 0.6) is 0 Å². The molecule has 0 radical (unpaired) electrons. The summed E-state index contributed by atoms with van der Waals surface area (Å²) in [5, 5.41) is 0. The molecule has 0 saturated carbocycles. The zero-order valence-electron chi connectivity index (χ0n) is 13.7. The van der Waals surface area contributed by atoms with Crippen molar-refractivity contribution in [3.05, 3.63) is 77.5 Å². The summed E-state index contributed by atoms with van der Waals surface area (Å²) in [6.07, 6.45) is 2.10. The van der Waals surface area contributed by atoms with E-state index in [0.29, 0.717) is 0 Å². The molecule has 110 valence electrons. The Morgan fingerprint density at radius 1 is 0.727 bits per heavy atom. The van der Waals surface area contributed by atoms with Crippen molar-refractivity contribution in [1.82, 2.24) is 0 Å². The third-order valence-corrected chi connectivity index (χ3v) is 4.23. The highest BCUT2D eigenvalue weighted by Gasteiger charge is 2.15. The molecule has 1 nitrogen and oxygen atoms in total. The monoisotopic (exact) mass is 288 g/mol. The molecule has 0 fully saturated rings. The van der Waals surface area contributed by atoms with Gasteiger partial charge in [-0.25, -0.2) is 4.57 Å². The number of nitrogens with zero attached hydrogens (tertiary/aromatic N) is 1. The molecule has 22 heavy (non-hydrogen) atoms. The van der Waals surface area contributed by atoms with Crippen LogP contribution in [0.3, 0.4) is 0 Å². The van der Waals surface area contributed by atoms with Crippen LogP contribution in [-0.4, -0.2) is 0 Å². The van der Waals surface area contributed by atoms with E-state index in [4.69, 9.17) is 0 Å². The molecular weight excluding hydrogens is 266 g/mol. The van der Waals surface area contributed by atoms with Gasteiger partial charge in [0, 0.05) is 12.1 Å². The van der Waals surface area contributed by atoms with Gasteiger partial charge in [0.2, 0.25) is 5.69 Å². The average Bonchev–Trinajstić information content (AvgIpc) is 2.49. The number of hydrogen-bond donors (Lipinski definition) is 0. The van der Waals surface area contributed by atoms with Gasteiger partial charge in [-0.3, -0.25) is 0 Å². The predicted octanol–water partition coefficient (Wildman–Crippen LogP) is 4.77. The van der Waals surface area contributed by atoms with Crippen molar-refractivity contribution in [2.75, 3.05) is 0 Å². The molecule has 0 bridgehead atoms. The van der Waals surface area contributed by atoms with E-state index in [9.17, 15) is 0 Å². The third kappa shape index (κ3) is 2.67. The Kier molecular flexibility index (Phi) is 3.81. The lowest BCUT2D eigenvalue weighted by Gasteiger charge is -2.12. The van der Waals surface area contributed by atoms with Crippen LogP contribution < -0.4 is 4.57 Å². The van der Waals surface area contributed by atoms with Gasteiger partial charge in [-0.2, -0.15) is 0 Å². The molecule has 3 aromatic rings. The number of benzene rings is 2. The summed E-state index contributed by atoms with van der Waals surface area (Å²) >= 11 is 0. The van der Waals surface area contributed by atoms with E-state index >= 15 is 0 Å². The second kappa shape index (κ2) is 5.76. The molecule has 0 atom stereocenters. The van der Waals surface area contributed by atoms with Crippen LogP contribution in [0.1, 0.15) is 16.7 Å². The van der Waals surface area contributed by atoms with Crippen molar-refractivity contribution < 1.29 is 4.57 Å². The van der Waals surface area contributed by atoms with Gasteiger partial charge >= 0.3 is 0 Å². The van der Waals surface area contributed by atoms with Crippen molar-refractivity contribution in [3.63, 3.8) is 0 Å². The van der Waals surface area contributed by atoms with Gasteiger partial charge < -0.3 is 0 Å². The summed E-state index contributed by atoms with van der Waals surface area (Å²) in [6, 6.07) is 19.7. The van der Waals surface area contributed by atoms with Gasteiger partial charge in [-0.05, 0) is 49.1 Å². The number of hydrogen-bond acceptors (Lipinski definition) is 0. The number of rotatable bonds is 2. The molecule has 0 saturated heterocycles. The van der Waals surface area contributed by atoms with Crippen LogP contribution in [0.4, 0.5) is 0 Å². The maximum Gasteiger partial charge on any atom is 0.212 e. The highest BCUT2D eigenvalue weighted by atomic mass is 14.9. The summed E-state index contributed by atoms with van der Waals surface area (Å²) < 4.78 is 2.18. The van der Waals surface area contributed by atoms with Crippen molar-refractivity contribution in [2.24, 2.45) is 7.05 Å². The number of aryl methyl sites for hydroxylation is 4. The normalized spacial score (nSPS) is 10.7. The molecule has 0 aliphatic carbocycles. The molecular formula is C21H22N+. The number of aromatic nitrogens is 1. The second-order valence-electron chi connectivity index (χ2n) is 6.05. The topological polar surface area (TPSA) is 3.88 Å². The Bertz CT molecular complexity index is 791. The first kappa shape index (κ1) is 14.5. The maximum absolute atomic E-state index is 2.29. The van der Waals surface area contributed by atoms with E-state index in [1.807, 2.05) is 0 Å². The first-order chi connectivity index (χ1) is 10.6. The van der Waals surface area contributed by atoms with Gasteiger partial charge in [0.1, 0.15) is 7.05 Å². The van der Waals surface area contributed by atoms with Crippen molar-refractivity contribution in [2.45, 2.75) is 20.8 Å². The van der Waals surface area contributed by atoms with Gasteiger partial charge in [0.05, 0.1) is 5.56 Å². The van der Waals surface area contributed by atoms with E-state index < -0.39 is 0 Å². The van der Waals surface area contributed by atoms with Gasteiger partial charge in [0.25, 0.3) is 0 Å². The molecule has 2 aromatic carbocycles. The largest absolute Gasteiger partial charge is 0.212 e. The van der Waals surface area contributed by atoms with Crippen LogP contribution in [-0.2, 0) is 7.05 Å². The highest BCUT2D eigenvalue weighted by molar-refractivity contribution is 5.74. The zero-order valence-corrected chi connectivity index (χ0v) is 13.7. The molecule has 1 aromatic heterocycles. The van der Waals surface area contributed by atoms with Crippen LogP contribution in [0.15, 0.2) is 60.8 Å². The standard InChI is InChI=1S/C21H22N/c1-15-8-10-18(11-9-15)19-13-16(2)21(17(3)14-19)20-7-5-6-12-22(20)4/h5-14H,1-4H3/q+1. The Hall–Kier alpha value is -2.41. The summed E-state index contributed by atoms with van der Waals surface area (Å²) in [5.41, 5.74) is 9.09. The fraction of sp³-hybridized carbons (Fsp3) is 0.190. The van der Waals surface area contributed by atoms with E-state index in [2.05, 4.69) is 93.2 Å². The van der Waals surface area contributed by atoms with Crippen LogP contribution in [0.25, 0.3) is 22.4 Å². The predicted molar refractivity (Wildman–Crippen MR) is 92.7 cm³/mol. The van der Waals surface area contributed by atoms with Crippen LogP contribution in [0.2, 0.25) is 0 Å². The molecule has 0 N–H and O–H groups in total. The minimum absolute atomic E-state index is 1.26. The lowest BCUT2D eigenvalue weighted by atomic mass is 9.93. The Balaban J connectivity index is 2.13. The lowest BCUT2D eigenvalue weighted by Crippen LogP contribution is -2.30. The van der Waals surface area contributed by atoms with Crippen molar-refractivity contribution >= 4 is 0 Å². The third-order valence-electron chi connectivity index (χ3n) is 4.23. The first-order valence-corrected chi connectivity index (χ1v) is 7.69. The smallest absolute Gasteiger partial charge is 0.201 e. The molecule has 0 aliphatic heterocycles. The molecule has 0 unspecified atom stereocenters. The van der Waals surface area contributed by atoms with Gasteiger partial charge in [-0.15, -0.1) is 0 Å². The lowest BCUT2D eigenvalue weighted by molar-refractivity contribution is -0.660. The molecule has 1 heterocycles. The van der Waals surface area contributed by atoms with E-state index in [0.717, 1.165) is 0 Å². The summed E-state index contributed by atoms with van der Waals surface area (Å²) in [4.78, 5) is 0. The summed E-state index contributed by atoms with van der Waals surface area (Å²) in [6.45, 7) is 6.53. The maximum atomic E-state index is 2.29. The summed E-state index contributed by atoms with van der Waals surface area (Å²) in [5.74, 6) is 0. The Morgan fingerprint density at radius 2 is 1.36 bits per heavy atom. The van der Waals surface area contributed by atoms with E-state index in [-0.39, 0.29) is 0 Å². The molecule has 0 amide bonds. The average molecular weight is 288 g/mol. The number of pyridine rings is 1. The van der Waals surface area contributed by atoms with Crippen LogP contribution in [0, 0.1) is 20.8 Å². The van der Waals surface area contributed by atoms with E-state index in [1.54, 1.807) is 0 Å². The Labute approximate surface area is 132 Å². The van der Waals surface area contributed by atoms with Crippen molar-refractivity contribution in [3.8, 4) is 22.4 Å². The summed E-state index contributed by atoms with van der Waals surface area (Å²) in [7, 11) is 2.10. The van der Waals surface area contributed by atoms with Crippen LogP contribution >= 0.6 is 0 Å². The SMILES string of the molecule is Cc1ccc(-c2cc(C)c(-c3cccc[n+]3C)c(C)c2)cc1. The quantitative estimate of drug-likeness (QED) is 0.598. The fourth-order valence-corrected chi connectivity index (χ4v) is 3.06. The van der Waals surface area contributed by atoms with Gasteiger partial charge in [0.15, 0.2) is 6.20 Å². The molecule has 0 spiro atoms. The zero-order chi connectivity index (χ0) is 15.7. The first-order valence-electron chi connectivity index (χ1n) is 7.69. The molecule has 3 rings (SSSR count). The molecule has 0 aliphatic rings. The second-order valence-corrected chi connectivity index (χ2v) is 6.05. The van der Waals surface area contributed by atoms with Crippen molar-refractivity contribution in [1.29, 1.82) is 0 Å². The minimum atomic E-state index is 1.26. The van der Waals surface area contributed by atoms with Gasteiger partial charge in [-0.1, -0.05) is 42.0 Å². The van der Waals surface area contributed by atoms with E-state index in [1.165, 1.54) is 39.1 Å². The highest BCUT2D eigenvalue weighted by Crippen LogP contribution is 2.30. The minimum Gasteiger partial charge on any atom is -0.201 e.